The summed E-state index contributed by atoms with van der Waals surface area (Å²) in [5, 5.41) is 10.3. The van der Waals surface area contributed by atoms with E-state index in [1.807, 2.05) is 31.2 Å². The van der Waals surface area contributed by atoms with Gasteiger partial charge < -0.3 is 9.84 Å². The lowest BCUT2D eigenvalue weighted by atomic mass is 9.88. The zero-order valence-electron chi connectivity index (χ0n) is 18.4. The number of benzene rings is 3. The largest absolute Gasteiger partial charge is 0.488 e. The average molecular weight is 462 g/mol. The molecule has 4 aromatic rings. The summed E-state index contributed by atoms with van der Waals surface area (Å²) in [6, 6.07) is 21.7. The van der Waals surface area contributed by atoms with Crippen LogP contribution in [0.25, 0.3) is 10.6 Å². The van der Waals surface area contributed by atoms with Crippen LogP contribution in [0.2, 0.25) is 0 Å². The van der Waals surface area contributed by atoms with E-state index in [1.165, 1.54) is 17.7 Å². The molecule has 33 heavy (non-hydrogen) atoms. The fourth-order valence-electron chi connectivity index (χ4n) is 3.62. The molecule has 0 fully saturated rings. The molecule has 4 nitrogen and oxygen atoms in total. The number of nitrogens with zero attached hydrogens (tertiary/aromatic N) is 1. The van der Waals surface area contributed by atoms with E-state index in [0.717, 1.165) is 32.3 Å². The Morgan fingerprint density at radius 3 is 2.18 bits per heavy atom. The van der Waals surface area contributed by atoms with Gasteiger partial charge in [-0.15, -0.1) is 11.3 Å². The van der Waals surface area contributed by atoms with Gasteiger partial charge in [-0.3, -0.25) is 4.79 Å². The second kappa shape index (κ2) is 9.96. The number of aryl methyl sites for hydroxylation is 2. The summed E-state index contributed by atoms with van der Waals surface area (Å²) in [5.41, 5.74) is 4.85. The number of halogens is 1. The molecule has 0 saturated carbocycles. The Morgan fingerprint density at radius 1 is 0.970 bits per heavy atom. The molecule has 0 saturated heterocycles. The Balaban J connectivity index is 1.46. The molecule has 1 atom stereocenters. The normalized spacial score (nSPS) is 11.8. The van der Waals surface area contributed by atoms with Gasteiger partial charge in [0.1, 0.15) is 23.2 Å². The third kappa shape index (κ3) is 5.65. The summed E-state index contributed by atoms with van der Waals surface area (Å²) >= 11 is 1.62. The van der Waals surface area contributed by atoms with E-state index in [0.29, 0.717) is 12.4 Å². The molecule has 1 aromatic heterocycles. The number of aliphatic carboxylic acids is 1. The van der Waals surface area contributed by atoms with Crippen LogP contribution in [0, 0.1) is 19.7 Å². The first-order valence-corrected chi connectivity index (χ1v) is 11.4. The molecule has 0 aliphatic rings. The van der Waals surface area contributed by atoms with Crippen LogP contribution in [0.15, 0.2) is 72.8 Å². The maximum atomic E-state index is 13.3. The molecule has 0 amide bonds. The summed E-state index contributed by atoms with van der Waals surface area (Å²) < 4.78 is 19.3. The van der Waals surface area contributed by atoms with Crippen molar-refractivity contribution in [2.24, 2.45) is 0 Å². The summed E-state index contributed by atoms with van der Waals surface area (Å²) in [6.45, 7) is 4.45. The maximum absolute atomic E-state index is 13.3. The Morgan fingerprint density at radius 2 is 1.58 bits per heavy atom. The van der Waals surface area contributed by atoms with Crippen molar-refractivity contribution < 1.29 is 19.0 Å². The van der Waals surface area contributed by atoms with Crippen molar-refractivity contribution >= 4 is 17.3 Å². The first-order chi connectivity index (χ1) is 15.9. The summed E-state index contributed by atoms with van der Waals surface area (Å²) in [6.07, 6.45) is -0.0757. The zero-order valence-corrected chi connectivity index (χ0v) is 19.2. The molecule has 4 rings (SSSR count). The lowest BCUT2D eigenvalue weighted by Crippen LogP contribution is -2.08. The van der Waals surface area contributed by atoms with Gasteiger partial charge in [-0.1, -0.05) is 54.1 Å². The smallest absolute Gasteiger partial charge is 0.304 e. The number of carboxylic acids is 1. The number of hydrogen-bond donors (Lipinski definition) is 1. The number of hydrogen-bond acceptors (Lipinski definition) is 4. The SMILES string of the molecule is Cc1ccc(-c2nc(C)c(COc3ccc(C(CC(=O)O)c4ccc(F)cc4)cc3)s2)cc1. The van der Waals surface area contributed by atoms with E-state index in [1.54, 1.807) is 23.5 Å². The van der Waals surface area contributed by atoms with Gasteiger partial charge in [0.2, 0.25) is 0 Å². The monoisotopic (exact) mass is 461 g/mol. The van der Waals surface area contributed by atoms with Gasteiger partial charge in [0.05, 0.1) is 17.0 Å². The summed E-state index contributed by atoms with van der Waals surface area (Å²) in [5.74, 6) is -0.926. The van der Waals surface area contributed by atoms with Crippen molar-refractivity contribution in [3.63, 3.8) is 0 Å². The van der Waals surface area contributed by atoms with Crippen LogP contribution in [0.3, 0.4) is 0 Å². The van der Waals surface area contributed by atoms with E-state index in [-0.39, 0.29) is 18.2 Å². The highest BCUT2D eigenvalue weighted by Gasteiger charge is 2.18. The topological polar surface area (TPSA) is 59.4 Å². The molecule has 3 aromatic carbocycles. The van der Waals surface area contributed by atoms with Gasteiger partial charge in [-0.05, 0) is 49.2 Å². The Hall–Kier alpha value is -3.51. The number of carboxylic acid groups (broad SMARTS) is 1. The third-order valence-corrected chi connectivity index (χ3v) is 6.67. The fourth-order valence-corrected chi connectivity index (χ4v) is 4.61. The van der Waals surface area contributed by atoms with Crippen molar-refractivity contribution in [1.29, 1.82) is 0 Å². The Labute approximate surface area is 196 Å². The van der Waals surface area contributed by atoms with Crippen LogP contribution in [0.4, 0.5) is 4.39 Å². The van der Waals surface area contributed by atoms with Crippen molar-refractivity contribution in [3.8, 4) is 16.3 Å². The lowest BCUT2D eigenvalue weighted by molar-refractivity contribution is -0.137. The highest BCUT2D eigenvalue weighted by molar-refractivity contribution is 7.15. The van der Waals surface area contributed by atoms with Gasteiger partial charge in [0.15, 0.2) is 0 Å². The molecule has 0 radical (unpaired) electrons. The van der Waals surface area contributed by atoms with E-state index in [4.69, 9.17) is 4.74 Å². The van der Waals surface area contributed by atoms with E-state index in [2.05, 4.69) is 36.2 Å². The standard InChI is InChI=1S/C27H24FNO3S/c1-17-3-5-21(6-4-17)27-29-18(2)25(33-27)16-32-23-13-9-20(10-14-23)24(15-26(30)31)19-7-11-22(28)12-8-19/h3-14,24H,15-16H2,1-2H3,(H,30,31). The second-order valence-electron chi connectivity index (χ2n) is 7.95. The molecule has 0 aliphatic carbocycles. The van der Waals surface area contributed by atoms with Crippen LogP contribution in [-0.4, -0.2) is 16.1 Å². The van der Waals surface area contributed by atoms with Crippen molar-refractivity contribution in [1.82, 2.24) is 4.98 Å². The summed E-state index contributed by atoms with van der Waals surface area (Å²) in [4.78, 5) is 17.1. The van der Waals surface area contributed by atoms with Crippen LogP contribution >= 0.6 is 11.3 Å². The minimum Gasteiger partial charge on any atom is -0.488 e. The second-order valence-corrected chi connectivity index (χ2v) is 9.04. The predicted octanol–water partition coefficient (Wildman–Crippen LogP) is 6.75. The number of rotatable bonds is 8. The summed E-state index contributed by atoms with van der Waals surface area (Å²) in [7, 11) is 0. The number of aromatic nitrogens is 1. The molecular weight excluding hydrogens is 437 g/mol. The molecule has 1 N–H and O–H groups in total. The molecule has 168 valence electrons. The van der Waals surface area contributed by atoms with E-state index >= 15 is 0 Å². The predicted molar refractivity (Wildman–Crippen MR) is 128 cm³/mol. The Kier molecular flexibility index (Phi) is 6.84. The molecular formula is C27H24FNO3S. The molecule has 1 unspecified atom stereocenters. The highest BCUT2D eigenvalue weighted by atomic mass is 32.1. The first-order valence-electron chi connectivity index (χ1n) is 10.6. The molecule has 1 heterocycles. The number of carbonyl (C=O) groups is 1. The Bertz CT molecular complexity index is 1230. The lowest BCUT2D eigenvalue weighted by Gasteiger charge is -2.16. The minimum atomic E-state index is -0.908. The minimum absolute atomic E-state index is 0.0757. The number of thiazole rings is 1. The van der Waals surface area contributed by atoms with Crippen molar-refractivity contribution in [3.05, 3.63) is 106 Å². The molecule has 0 bridgehead atoms. The maximum Gasteiger partial charge on any atom is 0.304 e. The zero-order chi connectivity index (χ0) is 23.4. The molecule has 0 aliphatic heterocycles. The quantitative estimate of drug-likeness (QED) is 0.315. The van der Waals surface area contributed by atoms with Crippen LogP contribution in [0.1, 0.15) is 39.6 Å². The van der Waals surface area contributed by atoms with Gasteiger partial charge in [-0.25, -0.2) is 9.37 Å². The highest BCUT2D eigenvalue weighted by Crippen LogP contribution is 2.31. The van der Waals surface area contributed by atoms with Gasteiger partial charge >= 0.3 is 5.97 Å². The number of ether oxygens (including phenoxy) is 1. The van der Waals surface area contributed by atoms with Gasteiger partial charge in [0, 0.05) is 11.5 Å². The third-order valence-electron chi connectivity index (χ3n) is 5.49. The van der Waals surface area contributed by atoms with Crippen LogP contribution in [-0.2, 0) is 11.4 Å². The fraction of sp³-hybridized carbons (Fsp3) is 0.185. The van der Waals surface area contributed by atoms with Crippen molar-refractivity contribution in [2.45, 2.75) is 32.8 Å². The van der Waals surface area contributed by atoms with E-state index in [9.17, 15) is 14.3 Å². The van der Waals surface area contributed by atoms with Gasteiger partial charge in [0.25, 0.3) is 0 Å². The van der Waals surface area contributed by atoms with E-state index < -0.39 is 5.97 Å². The molecule has 0 spiro atoms. The molecule has 6 heteroatoms. The van der Waals surface area contributed by atoms with Crippen molar-refractivity contribution in [2.75, 3.05) is 0 Å². The van der Waals surface area contributed by atoms with Crippen LogP contribution < -0.4 is 4.74 Å². The first kappa shape index (κ1) is 22.7. The average Bonchev–Trinajstić information content (AvgIpc) is 3.18. The van der Waals surface area contributed by atoms with Gasteiger partial charge in [-0.2, -0.15) is 0 Å². The van der Waals surface area contributed by atoms with Crippen LogP contribution in [0.5, 0.6) is 5.75 Å².